The minimum absolute atomic E-state index is 0.219. The Bertz CT molecular complexity index is 413. The van der Waals surface area contributed by atoms with Gasteiger partial charge in [-0.2, -0.15) is 0 Å². The minimum atomic E-state index is -1.70. The van der Waals surface area contributed by atoms with E-state index in [9.17, 15) is 0 Å². The highest BCUT2D eigenvalue weighted by atomic mass is 28.4. The first-order valence-corrected chi connectivity index (χ1v) is 8.63. The van der Waals surface area contributed by atoms with E-state index in [1.54, 1.807) is 12.3 Å². The van der Waals surface area contributed by atoms with Crippen molar-refractivity contribution in [2.75, 3.05) is 0 Å². The van der Waals surface area contributed by atoms with E-state index in [0.717, 1.165) is 5.56 Å². The molecule has 17 heavy (non-hydrogen) atoms. The zero-order valence-electron chi connectivity index (χ0n) is 11.2. The summed E-state index contributed by atoms with van der Waals surface area (Å²) in [4.78, 5) is 7.31. The number of hydrogen-bond donors (Lipinski definition) is 0. The van der Waals surface area contributed by atoms with Crippen molar-refractivity contribution in [2.24, 2.45) is 0 Å². The van der Waals surface area contributed by atoms with Crippen LogP contribution in [-0.4, -0.2) is 13.3 Å². The summed E-state index contributed by atoms with van der Waals surface area (Å²) in [7, 11) is -1.70. The second kappa shape index (κ2) is 4.99. The predicted octanol–water partition coefficient (Wildman–Crippen LogP) is 4.15. The van der Waals surface area contributed by atoms with E-state index < -0.39 is 8.32 Å². The third-order valence-electron chi connectivity index (χ3n) is 3.33. The molecule has 0 saturated carbocycles. The Labute approximate surface area is 105 Å². The summed E-state index contributed by atoms with van der Waals surface area (Å²) in [5.41, 5.74) is 1.03. The van der Waals surface area contributed by atoms with Gasteiger partial charge in [0.15, 0.2) is 8.32 Å². The van der Waals surface area contributed by atoms with Crippen LogP contribution in [0.5, 0.6) is 0 Å². The van der Waals surface area contributed by atoms with Crippen molar-refractivity contribution < 1.29 is 4.43 Å². The fourth-order valence-electron chi connectivity index (χ4n) is 1.05. The van der Waals surface area contributed by atoms with Crippen LogP contribution in [0.15, 0.2) is 18.3 Å². The number of nitrogens with zero attached hydrogens (tertiary/aromatic N) is 2. The van der Waals surface area contributed by atoms with Crippen molar-refractivity contribution in [2.45, 2.75) is 45.5 Å². The molecule has 0 saturated heterocycles. The van der Waals surface area contributed by atoms with Gasteiger partial charge in [0.05, 0.1) is 6.61 Å². The van der Waals surface area contributed by atoms with E-state index in [1.165, 1.54) is 0 Å². The normalized spacial score (nSPS) is 12.2. The van der Waals surface area contributed by atoms with Crippen LogP contribution in [0.1, 0.15) is 26.3 Å². The molecule has 0 aliphatic carbocycles. The van der Waals surface area contributed by atoms with Gasteiger partial charge in [-0.1, -0.05) is 33.4 Å². The van der Waals surface area contributed by atoms with Crippen molar-refractivity contribution in [3.63, 3.8) is 0 Å². The van der Waals surface area contributed by atoms with Crippen molar-refractivity contribution in [1.82, 2.24) is 4.98 Å². The first-order chi connectivity index (χ1) is 7.76. The lowest BCUT2D eigenvalue weighted by molar-refractivity contribution is 0.276. The Morgan fingerprint density at radius 1 is 1.35 bits per heavy atom. The maximum Gasteiger partial charge on any atom is 0.269 e. The Balaban J connectivity index is 2.65. The monoisotopic (exact) mass is 248 g/mol. The lowest BCUT2D eigenvalue weighted by atomic mass is 10.2. The SMILES string of the molecule is [C-]#[N+]c1ccc(CO[Si](C)(C)C(C)(C)C)cn1. The fourth-order valence-corrected chi connectivity index (χ4v) is 2.01. The summed E-state index contributed by atoms with van der Waals surface area (Å²) < 4.78 is 6.07. The number of hydrogen-bond acceptors (Lipinski definition) is 2. The summed E-state index contributed by atoms with van der Waals surface area (Å²) in [5, 5.41) is 0.219. The van der Waals surface area contributed by atoms with Gasteiger partial charge in [0.2, 0.25) is 0 Å². The molecule has 1 aromatic rings. The molecule has 3 nitrogen and oxygen atoms in total. The number of rotatable bonds is 3. The smallest absolute Gasteiger partial charge is 0.269 e. The highest BCUT2D eigenvalue weighted by molar-refractivity contribution is 6.74. The lowest BCUT2D eigenvalue weighted by Crippen LogP contribution is -2.40. The van der Waals surface area contributed by atoms with Crippen molar-refractivity contribution in [1.29, 1.82) is 0 Å². The molecule has 1 rings (SSSR count). The van der Waals surface area contributed by atoms with E-state index in [-0.39, 0.29) is 5.04 Å². The molecular formula is C13H20N2OSi. The molecule has 0 atom stereocenters. The maximum absolute atomic E-state index is 6.84. The van der Waals surface area contributed by atoms with Crippen LogP contribution >= 0.6 is 0 Å². The molecule has 0 unspecified atom stereocenters. The van der Waals surface area contributed by atoms with E-state index in [1.807, 2.05) is 6.07 Å². The highest BCUT2D eigenvalue weighted by Crippen LogP contribution is 2.37. The Hall–Kier alpha value is -1.18. The third-order valence-corrected chi connectivity index (χ3v) is 7.81. The molecule has 1 aromatic heterocycles. The van der Waals surface area contributed by atoms with E-state index in [4.69, 9.17) is 11.0 Å². The summed E-state index contributed by atoms with van der Waals surface area (Å²) in [6.07, 6.45) is 1.72. The molecule has 1 heterocycles. The minimum Gasteiger partial charge on any atom is -0.412 e. The predicted molar refractivity (Wildman–Crippen MR) is 72.5 cm³/mol. The molecule has 0 bridgehead atoms. The molecule has 4 heteroatoms. The van der Waals surface area contributed by atoms with Crippen LogP contribution in [0.3, 0.4) is 0 Å². The summed E-state index contributed by atoms with van der Waals surface area (Å²) >= 11 is 0. The molecular weight excluding hydrogens is 228 g/mol. The third kappa shape index (κ3) is 3.65. The summed E-state index contributed by atoms with van der Waals surface area (Å²) in [6, 6.07) is 3.64. The van der Waals surface area contributed by atoms with Crippen LogP contribution in [-0.2, 0) is 11.0 Å². The molecule has 0 radical (unpaired) electrons. The van der Waals surface area contributed by atoms with Crippen LogP contribution in [0.4, 0.5) is 5.82 Å². The standard InChI is InChI=1S/C13H20N2OSi/c1-13(2,3)17(5,6)16-10-11-7-8-12(14-4)15-9-11/h7-9H,10H2,1-3,5-6H3. The molecule has 0 N–H and O–H groups in total. The van der Waals surface area contributed by atoms with Gasteiger partial charge in [-0.15, -0.1) is 4.98 Å². The first-order valence-electron chi connectivity index (χ1n) is 5.72. The second-order valence-corrected chi connectivity index (χ2v) is 10.5. The number of aromatic nitrogens is 1. The van der Waals surface area contributed by atoms with Crippen molar-refractivity contribution in [3.05, 3.63) is 35.3 Å². The van der Waals surface area contributed by atoms with Crippen molar-refractivity contribution in [3.8, 4) is 0 Å². The van der Waals surface area contributed by atoms with Gasteiger partial charge in [-0.05, 0) is 24.2 Å². The molecule has 0 aliphatic rings. The van der Waals surface area contributed by atoms with Crippen LogP contribution in [0.25, 0.3) is 4.85 Å². The molecule has 0 aliphatic heterocycles. The molecule has 0 aromatic carbocycles. The molecule has 0 amide bonds. The molecule has 0 fully saturated rings. The number of pyridine rings is 1. The van der Waals surface area contributed by atoms with Crippen LogP contribution < -0.4 is 0 Å². The second-order valence-electron chi connectivity index (χ2n) is 5.69. The average Bonchev–Trinajstić information content (AvgIpc) is 2.25. The van der Waals surface area contributed by atoms with Gasteiger partial charge >= 0.3 is 0 Å². The van der Waals surface area contributed by atoms with Gasteiger partial charge in [0, 0.05) is 5.56 Å². The van der Waals surface area contributed by atoms with Crippen LogP contribution in [0.2, 0.25) is 18.1 Å². The largest absolute Gasteiger partial charge is 0.412 e. The first kappa shape index (κ1) is 13.9. The van der Waals surface area contributed by atoms with Gasteiger partial charge in [-0.3, -0.25) is 0 Å². The van der Waals surface area contributed by atoms with Gasteiger partial charge in [0.25, 0.3) is 5.82 Å². The molecule has 0 spiro atoms. The fraction of sp³-hybridized carbons (Fsp3) is 0.538. The van der Waals surface area contributed by atoms with Crippen LogP contribution in [0, 0.1) is 6.57 Å². The topological polar surface area (TPSA) is 26.5 Å². The average molecular weight is 248 g/mol. The Kier molecular flexibility index (Phi) is 4.07. The molecule has 92 valence electrons. The van der Waals surface area contributed by atoms with Gasteiger partial charge in [-0.25, -0.2) is 0 Å². The van der Waals surface area contributed by atoms with Gasteiger partial charge in [0.1, 0.15) is 6.20 Å². The zero-order valence-corrected chi connectivity index (χ0v) is 12.2. The van der Waals surface area contributed by atoms with Crippen molar-refractivity contribution >= 4 is 14.1 Å². The summed E-state index contributed by atoms with van der Waals surface area (Å²) in [5.74, 6) is 0.432. The zero-order chi connectivity index (χ0) is 13.1. The Morgan fingerprint density at radius 2 is 2.00 bits per heavy atom. The quantitative estimate of drug-likeness (QED) is 0.593. The van der Waals surface area contributed by atoms with Gasteiger partial charge < -0.3 is 9.27 Å². The van der Waals surface area contributed by atoms with E-state index in [0.29, 0.717) is 12.4 Å². The Morgan fingerprint density at radius 3 is 2.41 bits per heavy atom. The lowest BCUT2D eigenvalue weighted by Gasteiger charge is -2.36. The van der Waals surface area contributed by atoms with E-state index in [2.05, 4.69) is 43.7 Å². The van der Waals surface area contributed by atoms with E-state index >= 15 is 0 Å². The summed E-state index contributed by atoms with van der Waals surface area (Å²) in [6.45, 7) is 18.5. The highest BCUT2D eigenvalue weighted by Gasteiger charge is 2.37. The maximum atomic E-state index is 6.84.